The van der Waals surface area contributed by atoms with Crippen molar-refractivity contribution in [2.24, 2.45) is 0 Å². The molecule has 4 heteroatoms. The van der Waals surface area contributed by atoms with E-state index in [-0.39, 0.29) is 0 Å². The maximum absolute atomic E-state index is 10.6. The van der Waals surface area contributed by atoms with E-state index in [0.717, 1.165) is 6.42 Å². The summed E-state index contributed by atoms with van der Waals surface area (Å²) < 4.78 is 9.38. The van der Waals surface area contributed by atoms with E-state index in [1.807, 2.05) is 12.6 Å². The molecule has 0 aromatic heterocycles. The summed E-state index contributed by atoms with van der Waals surface area (Å²) in [5.41, 5.74) is 1.83. The first-order valence-corrected chi connectivity index (χ1v) is 5.53. The molecule has 0 saturated carbocycles. The fourth-order valence-corrected chi connectivity index (χ4v) is 0.904. The third-order valence-electron chi connectivity index (χ3n) is 0.966. The van der Waals surface area contributed by atoms with Crippen LogP contribution >= 0.6 is 0 Å². The smallest absolute Gasteiger partial charge is 0.438 e. The third-order valence-corrected chi connectivity index (χ3v) is 1.81. The molecule has 0 bridgehead atoms. The van der Waals surface area contributed by atoms with E-state index in [9.17, 15) is 4.79 Å². The average molecular weight is 174 g/mol. The van der Waals surface area contributed by atoms with Crippen molar-refractivity contribution in [3.8, 4) is 0 Å². The van der Waals surface area contributed by atoms with Gasteiger partial charge in [-0.15, -0.1) is 12.3 Å². The zero-order valence-corrected chi connectivity index (χ0v) is 8.25. The maximum Gasteiger partial charge on any atom is 0.507 e. The summed E-state index contributed by atoms with van der Waals surface area (Å²) in [6.07, 6.45) is 0.765. The van der Waals surface area contributed by atoms with Gasteiger partial charge in [-0.3, -0.25) is 0 Å². The molecule has 0 spiro atoms. The molecule has 0 unspecified atom stereocenters. The first-order valence-electron chi connectivity index (χ1n) is 3.71. The zero-order valence-electron chi connectivity index (χ0n) is 6.84. The fourth-order valence-electron chi connectivity index (χ4n) is 0.453. The predicted octanol–water partition coefficient (Wildman–Crippen LogP) is 0.819. The molecule has 64 valence electrons. The summed E-state index contributed by atoms with van der Waals surface area (Å²) in [6, 6.07) is 0. The van der Waals surface area contributed by atoms with Gasteiger partial charge in [0, 0.05) is 0 Å². The Hall–Kier alpha value is -0.773. The summed E-state index contributed by atoms with van der Waals surface area (Å²) in [5.74, 6) is 0. The van der Waals surface area contributed by atoms with E-state index in [0.29, 0.717) is 12.8 Å². The number of rotatable bonds is 5. The normalized spacial score (nSPS) is 9.91. The molecule has 0 aromatic rings. The fraction of sp³-hybridized carbons (Fsp3) is 0.571. The van der Waals surface area contributed by atoms with Gasteiger partial charge in [0.1, 0.15) is 0 Å². The second-order valence-corrected chi connectivity index (χ2v) is 3.59. The molecular formula is C7H14O3Si. The Labute approximate surface area is 69.2 Å². The van der Waals surface area contributed by atoms with E-state index < -0.39 is 15.7 Å². The first-order chi connectivity index (χ1) is 5.31. The van der Waals surface area contributed by atoms with Crippen LogP contribution < -0.4 is 0 Å². The van der Waals surface area contributed by atoms with E-state index >= 15 is 0 Å². The minimum absolute atomic E-state index is 0.404. The van der Waals surface area contributed by atoms with Gasteiger partial charge in [0.15, 0.2) is 0 Å². The predicted molar refractivity (Wildman–Crippen MR) is 46.3 cm³/mol. The van der Waals surface area contributed by atoms with Gasteiger partial charge in [0.25, 0.3) is 0 Å². The van der Waals surface area contributed by atoms with Gasteiger partial charge in [-0.25, -0.2) is 4.79 Å². The molecule has 0 fully saturated rings. The largest absolute Gasteiger partial charge is 0.507 e. The highest BCUT2D eigenvalue weighted by Gasteiger charge is 1.99. The lowest BCUT2D eigenvalue weighted by molar-refractivity contribution is 0.0674. The lowest BCUT2D eigenvalue weighted by atomic mass is 10.5. The first kappa shape index (κ1) is 10.2. The van der Waals surface area contributed by atoms with E-state index in [2.05, 4.69) is 11.3 Å². The quantitative estimate of drug-likeness (QED) is 0.352. The molecule has 0 aliphatic rings. The highest BCUT2D eigenvalue weighted by molar-refractivity contribution is 6.41. The van der Waals surface area contributed by atoms with Crippen molar-refractivity contribution in [3.05, 3.63) is 12.3 Å². The maximum atomic E-state index is 10.6. The molecule has 0 radical (unpaired) electrons. The summed E-state index contributed by atoms with van der Waals surface area (Å²) >= 11 is 0. The van der Waals surface area contributed by atoms with Crippen LogP contribution in [0.4, 0.5) is 4.79 Å². The second kappa shape index (κ2) is 7.34. The van der Waals surface area contributed by atoms with Gasteiger partial charge >= 0.3 is 6.16 Å². The van der Waals surface area contributed by atoms with E-state index in [1.165, 1.54) is 0 Å². The monoisotopic (exact) mass is 174 g/mol. The number of carbonyl (C=O) groups is 1. The van der Waals surface area contributed by atoms with E-state index in [4.69, 9.17) is 4.74 Å². The lowest BCUT2D eigenvalue weighted by Gasteiger charge is -2.02. The third kappa shape index (κ3) is 7.12. The van der Waals surface area contributed by atoms with Gasteiger partial charge in [-0.1, -0.05) is 6.92 Å². The highest BCUT2D eigenvalue weighted by Crippen LogP contribution is 1.86. The standard InChI is InChI=1S/C7H14O3Si/c1-3-5-9-7(8)10-6-11-4-2/h4H,2-3,5-6,11H2,1H3. The van der Waals surface area contributed by atoms with Gasteiger partial charge < -0.3 is 9.47 Å². The number of ether oxygens (including phenoxy) is 2. The van der Waals surface area contributed by atoms with Gasteiger partial charge in [0.2, 0.25) is 0 Å². The molecular weight excluding hydrogens is 160 g/mol. The average Bonchev–Trinajstić information content (AvgIpc) is 2.01. The Morgan fingerprint density at radius 2 is 2.36 bits per heavy atom. The topological polar surface area (TPSA) is 35.5 Å². The van der Waals surface area contributed by atoms with Crippen LogP contribution in [0.5, 0.6) is 0 Å². The second-order valence-electron chi connectivity index (χ2n) is 2.02. The van der Waals surface area contributed by atoms with Gasteiger partial charge in [0.05, 0.1) is 22.4 Å². The minimum atomic E-state index is -0.554. The van der Waals surface area contributed by atoms with Gasteiger partial charge in [-0.2, -0.15) is 0 Å². The van der Waals surface area contributed by atoms with Crippen LogP contribution in [-0.2, 0) is 9.47 Å². The van der Waals surface area contributed by atoms with Crippen LogP contribution in [0.3, 0.4) is 0 Å². The Bertz CT molecular complexity index is 125. The highest BCUT2D eigenvalue weighted by atomic mass is 28.2. The molecule has 0 N–H and O–H groups in total. The summed E-state index contributed by atoms with van der Waals surface area (Å²) in [5, 5.41) is 0. The molecule has 0 amide bonds. The lowest BCUT2D eigenvalue weighted by Crippen LogP contribution is -2.11. The Kier molecular flexibility index (Phi) is 6.82. The van der Waals surface area contributed by atoms with Crippen molar-refractivity contribution in [1.82, 2.24) is 0 Å². The minimum Gasteiger partial charge on any atom is -0.438 e. The number of hydrogen-bond acceptors (Lipinski definition) is 3. The van der Waals surface area contributed by atoms with Crippen molar-refractivity contribution in [2.45, 2.75) is 13.3 Å². The van der Waals surface area contributed by atoms with Crippen LogP contribution in [-0.4, -0.2) is 28.5 Å². The molecule has 0 aromatic carbocycles. The van der Waals surface area contributed by atoms with Crippen molar-refractivity contribution >= 4 is 15.7 Å². The van der Waals surface area contributed by atoms with Crippen molar-refractivity contribution < 1.29 is 14.3 Å². The molecule has 0 rings (SSSR count). The molecule has 0 aliphatic heterocycles. The molecule has 0 heterocycles. The van der Waals surface area contributed by atoms with Crippen molar-refractivity contribution in [2.75, 3.05) is 12.8 Å². The summed E-state index contributed by atoms with van der Waals surface area (Å²) in [4.78, 5) is 10.6. The van der Waals surface area contributed by atoms with Crippen molar-refractivity contribution in [1.29, 1.82) is 0 Å². The Morgan fingerprint density at radius 1 is 1.64 bits per heavy atom. The zero-order chi connectivity index (χ0) is 8.53. The van der Waals surface area contributed by atoms with Crippen LogP contribution in [0.15, 0.2) is 12.3 Å². The molecule has 0 aliphatic carbocycles. The van der Waals surface area contributed by atoms with Crippen LogP contribution in [0.1, 0.15) is 13.3 Å². The number of hydrogen-bond donors (Lipinski definition) is 0. The number of carbonyl (C=O) groups excluding carboxylic acids is 1. The molecule has 0 saturated heterocycles. The Balaban J connectivity index is 3.15. The summed E-state index contributed by atoms with van der Waals surface area (Å²) in [7, 11) is -0.404. The molecule has 11 heavy (non-hydrogen) atoms. The van der Waals surface area contributed by atoms with Crippen LogP contribution in [0, 0.1) is 0 Å². The van der Waals surface area contributed by atoms with E-state index in [1.54, 1.807) is 0 Å². The van der Waals surface area contributed by atoms with Crippen molar-refractivity contribution in [3.63, 3.8) is 0 Å². The van der Waals surface area contributed by atoms with Crippen LogP contribution in [0.25, 0.3) is 0 Å². The Morgan fingerprint density at radius 3 is 2.91 bits per heavy atom. The van der Waals surface area contributed by atoms with Gasteiger partial charge in [-0.05, 0) is 6.42 Å². The molecule has 3 nitrogen and oxygen atoms in total. The summed E-state index contributed by atoms with van der Waals surface area (Å²) in [6.45, 7) is 5.92. The molecule has 0 atom stereocenters. The SMILES string of the molecule is C=C[SiH2]COC(=O)OCCC. The van der Waals surface area contributed by atoms with Crippen LogP contribution in [0.2, 0.25) is 0 Å².